The Labute approximate surface area is 49.7 Å². The lowest BCUT2D eigenvalue weighted by molar-refractivity contribution is 0.220. The van der Waals surface area contributed by atoms with Crippen LogP contribution in [0.15, 0.2) is 0 Å². The standard InChI is InChI=1S/C7H12O/c8-4-5-1-6-3-7(6)2-5/h5-8H,1-4H2/t6-,7-/m1/s1. The third-order valence-electron chi connectivity index (χ3n) is 2.60. The topological polar surface area (TPSA) is 20.2 Å². The van der Waals surface area contributed by atoms with Crippen LogP contribution >= 0.6 is 0 Å². The van der Waals surface area contributed by atoms with Gasteiger partial charge in [0, 0.05) is 6.61 Å². The van der Waals surface area contributed by atoms with E-state index in [1.54, 1.807) is 0 Å². The molecule has 0 radical (unpaired) electrons. The predicted octanol–water partition coefficient (Wildman–Crippen LogP) is 1.02. The molecule has 2 fully saturated rings. The molecule has 1 heteroatoms. The summed E-state index contributed by atoms with van der Waals surface area (Å²) in [7, 11) is 0. The van der Waals surface area contributed by atoms with E-state index in [0.717, 1.165) is 11.8 Å². The Hall–Kier alpha value is -0.0400. The minimum Gasteiger partial charge on any atom is -0.396 e. The first-order valence-electron chi connectivity index (χ1n) is 3.51. The molecule has 46 valence electrons. The lowest BCUT2D eigenvalue weighted by atomic mass is 10.1. The van der Waals surface area contributed by atoms with E-state index in [0.29, 0.717) is 12.5 Å². The number of aliphatic hydroxyl groups is 1. The fourth-order valence-corrected chi connectivity index (χ4v) is 1.99. The number of hydrogen-bond acceptors (Lipinski definition) is 1. The first kappa shape index (κ1) is 4.80. The highest BCUT2D eigenvalue weighted by Crippen LogP contribution is 2.53. The predicted molar refractivity (Wildman–Crippen MR) is 31.4 cm³/mol. The molecule has 0 aromatic rings. The molecule has 0 heterocycles. The molecule has 1 N–H and O–H groups in total. The number of fused-ring (bicyclic) bond motifs is 1. The third kappa shape index (κ3) is 0.576. The van der Waals surface area contributed by atoms with Gasteiger partial charge in [0.25, 0.3) is 0 Å². The minimum absolute atomic E-state index is 0.438. The van der Waals surface area contributed by atoms with E-state index in [9.17, 15) is 0 Å². The summed E-state index contributed by atoms with van der Waals surface area (Å²) < 4.78 is 0. The van der Waals surface area contributed by atoms with Gasteiger partial charge < -0.3 is 5.11 Å². The molecule has 0 saturated heterocycles. The van der Waals surface area contributed by atoms with E-state index in [1.165, 1.54) is 19.3 Å². The molecule has 2 aliphatic rings. The van der Waals surface area contributed by atoms with Crippen LogP contribution in [0.25, 0.3) is 0 Å². The van der Waals surface area contributed by atoms with Gasteiger partial charge in [0.05, 0.1) is 0 Å². The molecule has 2 rings (SSSR count). The Balaban J connectivity index is 1.89. The summed E-state index contributed by atoms with van der Waals surface area (Å²) in [6.45, 7) is 0.438. The van der Waals surface area contributed by atoms with Gasteiger partial charge in [-0.25, -0.2) is 0 Å². The normalized spacial score (nSPS) is 44.6. The van der Waals surface area contributed by atoms with Crippen molar-refractivity contribution in [3.8, 4) is 0 Å². The molecule has 0 unspecified atom stereocenters. The van der Waals surface area contributed by atoms with Crippen molar-refractivity contribution >= 4 is 0 Å². The van der Waals surface area contributed by atoms with Crippen LogP contribution in [0.4, 0.5) is 0 Å². The number of hydrogen-bond donors (Lipinski definition) is 1. The molecule has 2 saturated carbocycles. The molecule has 0 aromatic heterocycles. The van der Waals surface area contributed by atoms with Crippen molar-refractivity contribution in [3.63, 3.8) is 0 Å². The van der Waals surface area contributed by atoms with E-state index >= 15 is 0 Å². The van der Waals surface area contributed by atoms with Gasteiger partial charge in [0.2, 0.25) is 0 Å². The summed E-state index contributed by atoms with van der Waals surface area (Å²) in [5.41, 5.74) is 0. The van der Waals surface area contributed by atoms with Crippen LogP contribution in [0.3, 0.4) is 0 Å². The van der Waals surface area contributed by atoms with E-state index in [1.807, 2.05) is 0 Å². The van der Waals surface area contributed by atoms with E-state index in [-0.39, 0.29) is 0 Å². The van der Waals surface area contributed by atoms with Crippen LogP contribution in [-0.2, 0) is 0 Å². The van der Waals surface area contributed by atoms with Crippen molar-refractivity contribution in [3.05, 3.63) is 0 Å². The highest BCUT2D eigenvalue weighted by molar-refractivity contribution is 4.95. The molecule has 0 aromatic carbocycles. The fraction of sp³-hybridized carbons (Fsp3) is 1.00. The summed E-state index contributed by atoms with van der Waals surface area (Å²) in [5, 5.41) is 8.70. The van der Waals surface area contributed by atoms with Crippen LogP contribution < -0.4 is 0 Å². The average Bonchev–Trinajstić information content (AvgIpc) is 2.40. The lowest BCUT2D eigenvalue weighted by Crippen LogP contribution is -2.01. The fourth-order valence-electron chi connectivity index (χ4n) is 1.99. The van der Waals surface area contributed by atoms with Crippen molar-refractivity contribution < 1.29 is 5.11 Å². The summed E-state index contributed by atoms with van der Waals surface area (Å²) >= 11 is 0. The lowest BCUT2D eigenvalue weighted by Gasteiger charge is -2.04. The third-order valence-corrected chi connectivity index (χ3v) is 2.60. The molecule has 0 spiro atoms. The first-order chi connectivity index (χ1) is 3.90. The summed E-state index contributed by atoms with van der Waals surface area (Å²) in [4.78, 5) is 0. The summed E-state index contributed by atoms with van der Waals surface area (Å²) in [6.07, 6.45) is 4.11. The van der Waals surface area contributed by atoms with Crippen LogP contribution in [0, 0.1) is 17.8 Å². The van der Waals surface area contributed by atoms with Gasteiger partial charge in [0.1, 0.15) is 0 Å². The maximum atomic E-state index is 8.70. The second-order valence-corrected chi connectivity index (χ2v) is 3.28. The Morgan fingerprint density at radius 1 is 1.12 bits per heavy atom. The van der Waals surface area contributed by atoms with E-state index in [2.05, 4.69) is 0 Å². The van der Waals surface area contributed by atoms with Gasteiger partial charge in [-0.15, -0.1) is 0 Å². The van der Waals surface area contributed by atoms with Crippen LogP contribution in [0.1, 0.15) is 19.3 Å². The van der Waals surface area contributed by atoms with E-state index < -0.39 is 0 Å². The molecule has 1 nitrogen and oxygen atoms in total. The maximum Gasteiger partial charge on any atom is 0.0459 e. The Morgan fingerprint density at radius 2 is 1.75 bits per heavy atom. The van der Waals surface area contributed by atoms with E-state index in [4.69, 9.17) is 5.11 Å². The SMILES string of the molecule is OCC1C[C@@H]2C[C@H]2C1. The number of aliphatic hydroxyl groups excluding tert-OH is 1. The second-order valence-electron chi connectivity index (χ2n) is 3.28. The van der Waals surface area contributed by atoms with Crippen LogP contribution in [-0.4, -0.2) is 11.7 Å². The quantitative estimate of drug-likeness (QED) is 0.537. The summed E-state index contributed by atoms with van der Waals surface area (Å²) in [5.74, 6) is 2.75. The van der Waals surface area contributed by atoms with Gasteiger partial charge in [-0.2, -0.15) is 0 Å². The van der Waals surface area contributed by atoms with Crippen LogP contribution in [0.5, 0.6) is 0 Å². The monoisotopic (exact) mass is 112 g/mol. The molecular weight excluding hydrogens is 100 g/mol. The van der Waals surface area contributed by atoms with Gasteiger partial charge in [0.15, 0.2) is 0 Å². The van der Waals surface area contributed by atoms with Gasteiger partial charge in [-0.05, 0) is 37.0 Å². The zero-order chi connectivity index (χ0) is 5.56. The van der Waals surface area contributed by atoms with Gasteiger partial charge >= 0.3 is 0 Å². The van der Waals surface area contributed by atoms with Crippen molar-refractivity contribution in [2.75, 3.05) is 6.61 Å². The Morgan fingerprint density at radius 3 is 2.12 bits per heavy atom. The molecule has 0 aliphatic heterocycles. The Kier molecular flexibility index (Phi) is 0.884. The van der Waals surface area contributed by atoms with Crippen molar-refractivity contribution in [2.24, 2.45) is 17.8 Å². The van der Waals surface area contributed by atoms with Crippen molar-refractivity contribution in [1.82, 2.24) is 0 Å². The molecule has 0 bridgehead atoms. The highest BCUT2D eigenvalue weighted by Gasteiger charge is 2.45. The molecule has 8 heavy (non-hydrogen) atoms. The zero-order valence-electron chi connectivity index (χ0n) is 5.01. The summed E-state index contributed by atoms with van der Waals surface area (Å²) in [6, 6.07) is 0. The highest BCUT2D eigenvalue weighted by atomic mass is 16.3. The molecule has 0 amide bonds. The smallest absolute Gasteiger partial charge is 0.0459 e. The molecular formula is C7H12O. The minimum atomic E-state index is 0.438. The average molecular weight is 112 g/mol. The Bertz CT molecular complexity index is 90.6. The maximum absolute atomic E-state index is 8.70. The molecule has 2 aliphatic carbocycles. The van der Waals surface area contributed by atoms with Crippen molar-refractivity contribution in [2.45, 2.75) is 19.3 Å². The largest absolute Gasteiger partial charge is 0.396 e. The van der Waals surface area contributed by atoms with Gasteiger partial charge in [-0.1, -0.05) is 0 Å². The van der Waals surface area contributed by atoms with Crippen molar-refractivity contribution in [1.29, 1.82) is 0 Å². The van der Waals surface area contributed by atoms with Crippen LogP contribution in [0.2, 0.25) is 0 Å². The zero-order valence-corrected chi connectivity index (χ0v) is 5.01. The second kappa shape index (κ2) is 1.47. The number of rotatable bonds is 1. The molecule has 2 atom stereocenters. The first-order valence-corrected chi connectivity index (χ1v) is 3.51. The van der Waals surface area contributed by atoms with Gasteiger partial charge in [-0.3, -0.25) is 0 Å².